The zero-order valence-electron chi connectivity index (χ0n) is 9.55. The summed E-state index contributed by atoms with van der Waals surface area (Å²) in [6.45, 7) is 9.75. The van der Waals surface area contributed by atoms with E-state index < -0.39 is 0 Å². The maximum absolute atomic E-state index is 7.75. The molecule has 0 bridgehead atoms. The van der Waals surface area contributed by atoms with E-state index in [1.807, 2.05) is 0 Å². The third-order valence-corrected chi connectivity index (χ3v) is 0. The Hall–Kier alpha value is 0.0947. The van der Waals surface area contributed by atoms with E-state index in [4.69, 9.17) is 29.7 Å². The van der Waals surface area contributed by atoms with E-state index in [2.05, 4.69) is 20.4 Å². The minimum Gasteiger partial charge on any atom is -0.545 e. The Balaban J connectivity index is -0.00000000267. The van der Waals surface area contributed by atoms with Gasteiger partial charge in [0.15, 0.2) is 0 Å². The number of aliphatic hydroxyl groups excluding tert-OH is 3. The van der Waals surface area contributed by atoms with Gasteiger partial charge in [0.25, 0.3) is 0 Å². The van der Waals surface area contributed by atoms with E-state index in [9.17, 15) is 0 Å². The van der Waals surface area contributed by atoms with Crippen LogP contribution in [0.4, 0.5) is 0 Å². The van der Waals surface area contributed by atoms with Crippen molar-refractivity contribution in [3.63, 3.8) is 0 Å². The van der Waals surface area contributed by atoms with Crippen molar-refractivity contribution >= 4 is 20.4 Å². The van der Waals surface area contributed by atoms with Crippen LogP contribution in [0.3, 0.4) is 0 Å². The van der Waals surface area contributed by atoms with E-state index in [0.717, 1.165) is 21.3 Å². The molecule has 0 fully saturated rings. The minimum absolute atomic E-state index is 0. The number of aliphatic hydroxyl groups is 3. The van der Waals surface area contributed by atoms with Crippen LogP contribution in [0.2, 0.25) is 0 Å². The van der Waals surface area contributed by atoms with Crippen LogP contribution < -0.4 is 0 Å². The predicted molar refractivity (Wildman–Crippen MR) is 55.5 cm³/mol. The van der Waals surface area contributed by atoms with E-state index in [1.165, 1.54) is 0 Å². The molecule has 0 aromatic carbocycles. The van der Waals surface area contributed by atoms with Crippen molar-refractivity contribution in [3.05, 3.63) is 0 Å². The van der Waals surface area contributed by atoms with Gasteiger partial charge in [-0.2, -0.15) is 0 Å². The van der Waals surface area contributed by atoms with Crippen molar-refractivity contribution in [2.75, 3.05) is 21.3 Å². The normalized spacial score (nSPS) is 1.76. The third kappa shape index (κ3) is 357000. The molecule has 0 atom stereocenters. The molecule has 116 valence electrons. The summed E-state index contributed by atoms with van der Waals surface area (Å²) in [6.07, 6.45) is 0. The second-order valence-electron chi connectivity index (χ2n) is 0. The summed E-state index contributed by atoms with van der Waals surface area (Å²) in [5.74, 6) is 0. The molecule has 0 aromatic heterocycles. The molecule has 0 aromatic rings. The standard InChI is InChI=1S/3CH4O.3CHO.3H2O.2Re/c6*1-2;;;;;/h3*2H,1H3;3*1H;3*1H2;;/q;;;3*-1;;;;;. The molecule has 0 heterocycles. The summed E-state index contributed by atoms with van der Waals surface area (Å²) in [4.78, 5) is 23.2. The molecule has 9 nitrogen and oxygen atoms in total. The van der Waals surface area contributed by atoms with Crippen LogP contribution >= 0.6 is 0 Å². The van der Waals surface area contributed by atoms with Crippen LogP contribution in [-0.2, 0) is 55.2 Å². The van der Waals surface area contributed by atoms with E-state index >= 15 is 0 Å². The molecule has 0 amide bonds. The molecule has 0 aliphatic carbocycles. The van der Waals surface area contributed by atoms with Crippen LogP contribution in [-0.4, -0.2) is 73.4 Å². The second kappa shape index (κ2) is 409000. The monoisotopic (exact) mass is 611 g/mol. The molecule has 0 rings (SSSR count). The Kier molecular flexibility index (Phi) is 2870000. The first-order valence-corrected chi connectivity index (χ1v) is 2.05. The fourth-order valence-corrected chi connectivity index (χ4v) is 0. The van der Waals surface area contributed by atoms with E-state index in [-0.39, 0.29) is 57.3 Å². The smallest absolute Gasteiger partial charge is 0.0319 e. The first-order valence-electron chi connectivity index (χ1n) is 2.05. The fraction of sp³-hybridized carbons (Fsp3) is 0.500. The molecule has 0 spiro atoms. The topological polar surface area (TPSA) is 206 Å². The summed E-state index contributed by atoms with van der Waals surface area (Å²) in [5.41, 5.74) is 0. The van der Waals surface area contributed by atoms with Crippen molar-refractivity contribution in [2.24, 2.45) is 0 Å². The molecular formula is C6H21O9Re2-3. The molecule has 0 saturated carbocycles. The van der Waals surface area contributed by atoms with Crippen molar-refractivity contribution in [3.8, 4) is 0 Å². The van der Waals surface area contributed by atoms with Crippen molar-refractivity contribution in [1.29, 1.82) is 0 Å². The van der Waals surface area contributed by atoms with Gasteiger partial charge in [0.2, 0.25) is 0 Å². The second-order valence-corrected chi connectivity index (χ2v) is 0. The van der Waals surface area contributed by atoms with Gasteiger partial charge < -0.3 is 46.1 Å². The molecule has 2 radical (unpaired) electrons. The van der Waals surface area contributed by atoms with Gasteiger partial charge in [-0.15, -0.1) is 0 Å². The number of carbonyl (C=O) groups excluding carboxylic acids is 3. The minimum atomic E-state index is 0. The zero-order chi connectivity index (χ0) is 12.0. The SMILES string of the molecule is CO.CO.CO.O.O.O.[CH-]=O.[CH-]=O.[CH-]=O.[Re].[Re]. The first kappa shape index (κ1) is 119. The maximum atomic E-state index is 7.75. The van der Waals surface area contributed by atoms with Gasteiger partial charge in [0.1, 0.15) is 0 Å². The molecule has 0 aliphatic heterocycles. The summed E-state index contributed by atoms with van der Waals surface area (Å²) in [6, 6.07) is 0. The van der Waals surface area contributed by atoms with Gasteiger partial charge >= 0.3 is 0 Å². The van der Waals surface area contributed by atoms with Crippen molar-refractivity contribution in [1.82, 2.24) is 0 Å². The van der Waals surface area contributed by atoms with Gasteiger partial charge in [-0.1, -0.05) is 0 Å². The van der Waals surface area contributed by atoms with Gasteiger partial charge in [-0.05, 0) is 0 Å². The molecule has 9 N–H and O–H groups in total. The zero-order valence-corrected chi connectivity index (χ0v) is 15.0. The van der Waals surface area contributed by atoms with Gasteiger partial charge in [0.05, 0.1) is 0 Å². The van der Waals surface area contributed by atoms with E-state index in [1.54, 1.807) is 0 Å². The molecule has 0 aliphatic rings. The Labute approximate surface area is 128 Å². The van der Waals surface area contributed by atoms with Gasteiger partial charge in [-0.25, -0.2) is 0 Å². The summed E-state index contributed by atoms with van der Waals surface area (Å²) < 4.78 is 0. The van der Waals surface area contributed by atoms with Gasteiger partial charge in [0, 0.05) is 62.2 Å². The molecular weight excluding hydrogens is 588 g/mol. The Bertz CT molecular complexity index is 28.2. The molecule has 11 heteroatoms. The Morgan fingerprint density at radius 1 is 0.471 bits per heavy atom. The third-order valence-electron chi connectivity index (χ3n) is 0. The van der Waals surface area contributed by atoms with Crippen LogP contribution in [0.15, 0.2) is 0 Å². The maximum Gasteiger partial charge on any atom is 0.0319 e. The summed E-state index contributed by atoms with van der Waals surface area (Å²) in [5, 5.41) is 21.0. The predicted octanol–water partition coefficient (Wildman–Crippen LogP) is -4.48. The molecule has 17 heavy (non-hydrogen) atoms. The average molecular weight is 610 g/mol. The number of hydrogen-bond donors (Lipinski definition) is 3. The van der Waals surface area contributed by atoms with Crippen LogP contribution in [0, 0.1) is 0 Å². The quantitative estimate of drug-likeness (QED) is 0.182. The summed E-state index contributed by atoms with van der Waals surface area (Å²) >= 11 is 0. The molecule has 0 unspecified atom stereocenters. The first-order chi connectivity index (χ1) is 6.00. The summed E-state index contributed by atoms with van der Waals surface area (Å²) in [7, 11) is 3.00. The Morgan fingerprint density at radius 2 is 0.471 bits per heavy atom. The largest absolute Gasteiger partial charge is 0.545 e. The average Bonchev–Trinajstić information content (AvgIpc) is 2.33. The van der Waals surface area contributed by atoms with Crippen molar-refractivity contribution in [2.45, 2.75) is 0 Å². The number of rotatable bonds is 0. The fourth-order valence-electron chi connectivity index (χ4n) is 0. The molecule has 0 saturated heterocycles. The Morgan fingerprint density at radius 3 is 0.471 bits per heavy atom. The van der Waals surface area contributed by atoms with Crippen LogP contribution in [0.5, 0.6) is 0 Å². The van der Waals surface area contributed by atoms with Gasteiger partial charge in [-0.3, -0.25) is 20.4 Å². The van der Waals surface area contributed by atoms with Crippen LogP contribution in [0.25, 0.3) is 0 Å². The number of hydrogen-bond acceptors (Lipinski definition) is 6. The van der Waals surface area contributed by atoms with E-state index in [0.29, 0.717) is 0 Å². The van der Waals surface area contributed by atoms with Crippen LogP contribution in [0.1, 0.15) is 0 Å². The van der Waals surface area contributed by atoms with Crippen molar-refractivity contribution < 1.29 is 87.0 Å².